The van der Waals surface area contributed by atoms with Crippen LogP contribution in [0.5, 0.6) is 11.5 Å². The van der Waals surface area contributed by atoms with E-state index in [1.165, 1.54) is 22.6 Å². The first-order valence-electron chi connectivity index (χ1n) is 7.95. The zero-order chi connectivity index (χ0) is 16.1. The smallest absolute Gasteiger partial charge is 0.247 e. The highest BCUT2D eigenvalue weighted by atomic mass is 16.5. The summed E-state index contributed by atoms with van der Waals surface area (Å²) in [7, 11) is 3.32. The van der Waals surface area contributed by atoms with Crippen LogP contribution in [-0.4, -0.2) is 26.6 Å². The van der Waals surface area contributed by atoms with Gasteiger partial charge >= 0.3 is 0 Å². The Morgan fingerprint density at radius 2 is 1.83 bits per heavy atom. The molecule has 0 fully saturated rings. The highest BCUT2D eigenvalue weighted by Crippen LogP contribution is 2.27. The molecule has 0 aromatic heterocycles. The first-order valence-corrected chi connectivity index (χ1v) is 7.95. The van der Waals surface area contributed by atoms with Crippen LogP contribution >= 0.6 is 0 Å². The van der Waals surface area contributed by atoms with Crippen molar-refractivity contribution < 1.29 is 14.5 Å². The highest BCUT2D eigenvalue weighted by molar-refractivity contribution is 5.94. The van der Waals surface area contributed by atoms with Gasteiger partial charge in [0.15, 0.2) is 11.5 Å². The van der Waals surface area contributed by atoms with E-state index in [2.05, 4.69) is 40.6 Å². The lowest BCUT2D eigenvalue weighted by Crippen LogP contribution is -2.75. The lowest BCUT2D eigenvalue weighted by atomic mass is 10.0. The molecule has 0 atom stereocenters. The Hall–Kier alpha value is -2.49. The molecule has 1 aliphatic heterocycles. The molecule has 0 unspecified atom stereocenters. The quantitative estimate of drug-likeness (QED) is 0.885. The number of fused-ring (bicyclic) bond motifs is 1. The van der Waals surface area contributed by atoms with Gasteiger partial charge < -0.3 is 9.47 Å². The Kier molecular flexibility index (Phi) is 4.81. The molecule has 3 rings (SSSR count). The van der Waals surface area contributed by atoms with Crippen LogP contribution in [0.2, 0.25) is 0 Å². The van der Waals surface area contributed by atoms with E-state index in [0.717, 1.165) is 37.3 Å². The monoisotopic (exact) mass is 311 g/mol. The molecule has 0 amide bonds. The number of rotatable bonds is 5. The van der Waals surface area contributed by atoms with Crippen molar-refractivity contribution in [3.05, 3.63) is 53.6 Å². The van der Waals surface area contributed by atoms with E-state index in [4.69, 9.17) is 9.47 Å². The molecule has 0 radical (unpaired) electrons. The van der Waals surface area contributed by atoms with Crippen molar-refractivity contribution in [3.63, 3.8) is 0 Å². The highest BCUT2D eigenvalue weighted by Gasteiger charge is 2.17. The summed E-state index contributed by atoms with van der Waals surface area (Å²) < 4.78 is 10.6. The molecule has 0 bridgehead atoms. The molecule has 23 heavy (non-hydrogen) atoms. The summed E-state index contributed by atoms with van der Waals surface area (Å²) in [6.45, 7) is 0.889. The third-order valence-corrected chi connectivity index (χ3v) is 4.15. The number of methoxy groups -OCH3 is 2. The predicted octanol–water partition coefficient (Wildman–Crippen LogP) is 1.78. The van der Waals surface area contributed by atoms with Crippen molar-refractivity contribution in [2.45, 2.75) is 19.3 Å². The molecular weight excluding hydrogens is 288 g/mol. The molecule has 4 heteroatoms. The Labute approximate surface area is 137 Å². The summed E-state index contributed by atoms with van der Waals surface area (Å²) in [6.07, 6.45) is 3.05. The normalized spacial score (nSPS) is 15.0. The second kappa shape index (κ2) is 7.18. The number of anilines is 1. The van der Waals surface area contributed by atoms with Crippen molar-refractivity contribution in [2.75, 3.05) is 26.1 Å². The summed E-state index contributed by atoms with van der Waals surface area (Å²) in [6, 6.07) is 14.5. The van der Waals surface area contributed by atoms with Gasteiger partial charge in [0.1, 0.15) is 5.69 Å². The largest absolute Gasteiger partial charge is 0.493 e. The SMILES string of the molecule is COc1ccc(CC[NH+]=C2CCc3ccccc3N2)cc1OC. The zero-order valence-corrected chi connectivity index (χ0v) is 13.7. The molecule has 2 aromatic rings. The Balaban J connectivity index is 1.61. The lowest BCUT2D eigenvalue weighted by molar-refractivity contribution is -0.457. The fourth-order valence-electron chi connectivity index (χ4n) is 2.87. The topological polar surface area (TPSA) is 44.5 Å². The Bertz CT molecular complexity index is 710. The van der Waals surface area contributed by atoms with Gasteiger partial charge in [-0.2, -0.15) is 0 Å². The summed E-state index contributed by atoms with van der Waals surface area (Å²) in [5, 5.41) is 3.48. The Morgan fingerprint density at radius 3 is 2.65 bits per heavy atom. The fourth-order valence-corrected chi connectivity index (χ4v) is 2.87. The van der Waals surface area contributed by atoms with Crippen LogP contribution in [0.4, 0.5) is 5.69 Å². The Morgan fingerprint density at radius 1 is 1.00 bits per heavy atom. The number of hydrogen-bond acceptors (Lipinski definition) is 2. The van der Waals surface area contributed by atoms with Gasteiger partial charge in [0.05, 0.1) is 27.2 Å². The molecule has 2 N–H and O–H groups in total. The molecule has 2 aromatic carbocycles. The van der Waals surface area contributed by atoms with Crippen LogP contribution in [0.1, 0.15) is 17.5 Å². The van der Waals surface area contributed by atoms with Crippen LogP contribution in [0.3, 0.4) is 0 Å². The first kappa shape index (κ1) is 15.4. The van der Waals surface area contributed by atoms with Gasteiger partial charge in [0.25, 0.3) is 0 Å². The van der Waals surface area contributed by atoms with Gasteiger partial charge in [-0.05, 0) is 35.7 Å². The van der Waals surface area contributed by atoms with Crippen molar-refractivity contribution in [1.82, 2.24) is 0 Å². The standard InChI is InChI=1S/C19H22N2O2/c1-22-17-9-7-14(13-18(17)23-2)11-12-20-19-10-8-15-5-3-4-6-16(15)21-19/h3-7,9,13H,8,10-12H2,1-2H3,(H,20,21)/p+1. The van der Waals surface area contributed by atoms with E-state index < -0.39 is 0 Å². The number of aryl methyl sites for hydroxylation is 1. The third-order valence-electron chi connectivity index (χ3n) is 4.15. The molecule has 1 heterocycles. The van der Waals surface area contributed by atoms with Gasteiger partial charge in [-0.25, -0.2) is 5.32 Å². The number of hydrogen-bond donors (Lipinski definition) is 2. The van der Waals surface area contributed by atoms with Crippen molar-refractivity contribution in [2.24, 2.45) is 0 Å². The molecule has 0 spiro atoms. The van der Waals surface area contributed by atoms with Gasteiger partial charge in [-0.15, -0.1) is 0 Å². The van der Waals surface area contributed by atoms with Crippen LogP contribution < -0.4 is 19.8 Å². The zero-order valence-electron chi connectivity index (χ0n) is 13.7. The summed E-state index contributed by atoms with van der Waals surface area (Å²) >= 11 is 0. The number of benzene rings is 2. The van der Waals surface area contributed by atoms with Gasteiger partial charge in [0.2, 0.25) is 5.84 Å². The van der Waals surface area contributed by atoms with E-state index in [1.807, 2.05) is 12.1 Å². The lowest BCUT2D eigenvalue weighted by Gasteiger charge is -2.13. The van der Waals surface area contributed by atoms with E-state index in [-0.39, 0.29) is 0 Å². The molecule has 0 aliphatic carbocycles. The molecule has 120 valence electrons. The van der Waals surface area contributed by atoms with Crippen LogP contribution in [0.25, 0.3) is 0 Å². The maximum atomic E-state index is 5.35. The van der Waals surface area contributed by atoms with Gasteiger partial charge in [0, 0.05) is 6.42 Å². The fraction of sp³-hybridized carbons (Fsp3) is 0.316. The van der Waals surface area contributed by atoms with Crippen molar-refractivity contribution in [1.29, 1.82) is 0 Å². The molecular formula is C19H23N2O2+. The van der Waals surface area contributed by atoms with Gasteiger partial charge in [-0.1, -0.05) is 24.3 Å². The summed E-state index contributed by atoms with van der Waals surface area (Å²) in [5.41, 5.74) is 3.83. The predicted molar refractivity (Wildman–Crippen MR) is 92.5 cm³/mol. The van der Waals surface area contributed by atoms with Gasteiger partial charge in [-0.3, -0.25) is 4.99 Å². The molecule has 4 nitrogen and oxygen atoms in total. The van der Waals surface area contributed by atoms with Crippen LogP contribution in [-0.2, 0) is 12.8 Å². The minimum absolute atomic E-state index is 0.768. The molecule has 0 saturated heterocycles. The van der Waals surface area contributed by atoms with Crippen LogP contribution in [0, 0.1) is 0 Å². The maximum Gasteiger partial charge on any atom is 0.247 e. The third kappa shape index (κ3) is 3.65. The van der Waals surface area contributed by atoms with Crippen molar-refractivity contribution in [3.8, 4) is 11.5 Å². The first-order chi connectivity index (χ1) is 11.3. The van der Waals surface area contributed by atoms with Crippen molar-refractivity contribution >= 4 is 11.5 Å². The van der Waals surface area contributed by atoms with E-state index in [9.17, 15) is 0 Å². The van der Waals surface area contributed by atoms with Crippen LogP contribution in [0.15, 0.2) is 42.5 Å². The number of para-hydroxylation sites is 1. The second-order valence-corrected chi connectivity index (χ2v) is 5.63. The molecule has 0 saturated carbocycles. The summed E-state index contributed by atoms with van der Waals surface area (Å²) in [4.78, 5) is 3.51. The number of nitrogens with one attached hydrogen (secondary N) is 2. The molecule has 1 aliphatic rings. The number of ether oxygens (including phenoxy) is 2. The minimum Gasteiger partial charge on any atom is -0.493 e. The minimum atomic E-state index is 0.768. The second-order valence-electron chi connectivity index (χ2n) is 5.63. The van der Waals surface area contributed by atoms with E-state index in [0.29, 0.717) is 0 Å². The van der Waals surface area contributed by atoms with E-state index in [1.54, 1.807) is 14.2 Å². The van der Waals surface area contributed by atoms with E-state index >= 15 is 0 Å². The average Bonchev–Trinajstić information content (AvgIpc) is 2.61. The number of amidine groups is 1. The maximum absolute atomic E-state index is 5.35. The summed E-state index contributed by atoms with van der Waals surface area (Å²) in [5.74, 6) is 2.75. The average molecular weight is 311 g/mol.